The van der Waals surface area contributed by atoms with Crippen LogP contribution in [0.25, 0.3) is 10.9 Å². The predicted molar refractivity (Wildman–Crippen MR) is 106 cm³/mol. The van der Waals surface area contributed by atoms with E-state index in [1.807, 2.05) is 19.1 Å². The summed E-state index contributed by atoms with van der Waals surface area (Å²) in [5.41, 5.74) is 3.32. The Balaban J connectivity index is 1.68. The van der Waals surface area contributed by atoms with Gasteiger partial charge in [0.1, 0.15) is 11.8 Å². The van der Waals surface area contributed by atoms with Gasteiger partial charge in [-0.2, -0.15) is 5.26 Å². The lowest BCUT2D eigenvalue weighted by atomic mass is 10.1. The van der Waals surface area contributed by atoms with Crippen LogP contribution in [0.3, 0.4) is 0 Å². The summed E-state index contributed by atoms with van der Waals surface area (Å²) >= 11 is 0. The highest BCUT2D eigenvalue weighted by molar-refractivity contribution is 6.07. The number of aryl methyl sites for hydroxylation is 1. The molecule has 2 aromatic heterocycles. The average Bonchev–Trinajstić information content (AvgIpc) is 3.22. The molecule has 0 atom stereocenters. The zero-order valence-corrected chi connectivity index (χ0v) is 15.4. The number of anilines is 2. The van der Waals surface area contributed by atoms with Crippen molar-refractivity contribution >= 4 is 28.2 Å². The van der Waals surface area contributed by atoms with Crippen LogP contribution < -0.4 is 10.2 Å². The van der Waals surface area contributed by atoms with Crippen molar-refractivity contribution in [3.63, 3.8) is 0 Å². The van der Waals surface area contributed by atoms with Crippen LogP contribution in [0, 0.1) is 18.3 Å². The van der Waals surface area contributed by atoms with Crippen molar-refractivity contribution in [2.45, 2.75) is 19.8 Å². The number of nitrogens with zero attached hydrogens (tertiary/aromatic N) is 4. The Bertz CT molecular complexity index is 1110. The Labute approximate surface area is 162 Å². The van der Waals surface area contributed by atoms with Crippen molar-refractivity contribution in [1.29, 1.82) is 5.26 Å². The molecule has 7 nitrogen and oxygen atoms in total. The van der Waals surface area contributed by atoms with Gasteiger partial charge in [-0.3, -0.25) is 4.79 Å². The Morgan fingerprint density at radius 1 is 1.18 bits per heavy atom. The predicted octanol–water partition coefficient (Wildman–Crippen LogP) is 3.37. The van der Waals surface area contributed by atoms with Gasteiger partial charge in [-0.15, -0.1) is 0 Å². The molecule has 140 valence electrons. The van der Waals surface area contributed by atoms with Crippen LogP contribution in [0.4, 0.5) is 11.4 Å². The highest BCUT2D eigenvalue weighted by Crippen LogP contribution is 2.27. The van der Waals surface area contributed by atoms with E-state index in [-0.39, 0.29) is 23.2 Å². The smallest absolute Gasteiger partial charge is 0.276 e. The quantitative estimate of drug-likeness (QED) is 0.730. The molecule has 1 aliphatic heterocycles. The summed E-state index contributed by atoms with van der Waals surface area (Å²) in [6.07, 6.45) is 2.15. The molecule has 1 aliphatic rings. The van der Waals surface area contributed by atoms with Gasteiger partial charge in [0, 0.05) is 30.2 Å². The molecule has 0 bridgehead atoms. The number of nitrogens with one attached hydrogen (secondary N) is 1. The number of carbonyl (C=O) groups excluding carboxylic acids is 1. The number of aromatic hydroxyl groups is 1. The van der Waals surface area contributed by atoms with Gasteiger partial charge in [0.05, 0.1) is 11.2 Å². The molecule has 28 heavy (non-hydrogen) atoms. The summed E-state index contributed by atoms with van der Waals surface area (Å²) in [6, 6.07) is 12.3. The Hall–Kier alpha value is -3.66. The number of hydrogen-bond donors (Lipinski definition) is 2. The summed E-state index contributed by atoms with van der Waals surface area (Å²) in [4.78, 5) is 23.4. The summed E-state index contributed by atoms with van der Waals surface area (Å²) in [7, 11) is 0. The minimum absolute atomic E-state index is 0.0328. The number of amides is 1. The number of nitriles is 1. The molecule has 0 aliphatic carbocycles. The number of fused-ring (bicyclic) bond motifs is 1. The van der Waals surface area contributed by atoms with E-state index >= 15 is 0 Å². The zero-order valence-electron chi connectivity index (χ0n) is 15.4. The number of pyridine rings is 2. The summed E-state index contributed by atoms with van der Waals surface area (Å²) in [5, 5.41) is 22.5. The molecule has 0 unspecified atom stereocenters. The lowest BCUT2D eigenvalue weighted by molar-refractivity contribution is 0.102. The average molecular weight is 373 g/mol. The largest absolute Gasteiger partial charge is 0.493 e. The Morgan fingerprint density at radius 3 is 2.71 bits per heavy atom. The van der Waals surface area contributed by atoms with Crippen LogP contribution >= 0.6 is 0 Å². The van der Waals surface area contributed by atoms with Gasteiger partial charge in [0.25, 0.3) is 5.91 Å². The van der Waals surface area contributed by atoms with E-state index in [1.54, 1.807) is 30.3 Å². The first-order chi connectivity index (χ1) is 13.5. The van der Waals surface area contributed by atoms with Crippen LogP contribution in [-0.2, 0) is 0 Å². The third-order valence-corrected chi connectivity index (χ3v) is 4.91. The normalized spacial score (nSPS) is 13.5. The van der Waals surface area contributed by atoms with E-state index in [4.69, 9.17) is 0 Å². The SMILES string of the molecule is Cc1cc(O)nc2ccc(NC(=O)c3nc(C#N)ccc3N3CCCC3)cc12. The molecule has 3 heterocycles. The van der Waals surface area contributed by atoms with Gasteiger partial charge >= 0.3 is 0 Å². The molecule has 0 radical (unpaired) electrons. The van der Waals surface area contributed by atoms with E-state index < -0.39 is 0 Å². The van der Waals surface area contributed by atoms with Crippen molar-refractivity contribution in [1.82, 2.24) is 9.97 Å². The summed E-state index contributed by atoms with van der Waals surface area (Å²) < 4.78 is 0. The van der Waals surface area contributed by atoms with E-state index in [0.717, 1.165) is 42.6 Å². The molecular formula is C21H19N5O2. The molecule has 1 amide bonds. The zero-order chi connectivity index (χ0) is 19.7. The minimum atomic E-state index is -0.359. The maximum atomic E-state index is 13.0. The maximum Gasteiger partial charge on any atom is 0.276 e. The second-order valence-electron chi connectivity index (χ2n) is 6.85. The number of carbonyl (C=O) groups is 1. The van der Waals surface area contributed by atoms with Crippen LogP contribution in [0.1, 0.15) is 34.6 Å². The Morgan fingerprint density at radius 2 is 1.96 bits per heavy atom. The molecule has 7 heteroatoms. The maximum absolute atomic E-state index is 13.0. The molecule has 2 N–H and O–H groups in total. The third kappa shape index (κ3) is 3.32. The van der Waals surface area contributed by atoms with Gasteiger partial charge < -0.3 is 15.3 Å². The molecule has 0 spiro atoms. The van der Waals surface area contributed by atoms with Crippen molar-refractivity contribution in [2.24, 2.45) is 0 Å². The van der Waals surface area contributed by atoms with Crippen LogP contribution in [0.5, 0.6) is 5.88 Å². The minimum Gasteiger partial charge on any atom is -0.493 e. The standard InChI is InChI=1S/C21H19N5O2/c1-13-10-19(27)25-17-6-4-14(11-16(13)17)24-21(28)20-18(26-8-2-3-9-26)7-5-15(12-22)23-20/h4-7,10-11H,2-3,8-9H2,1H3,(H,24,28)(H,25,27). The van der Waals surface area contributed by atoms with E-state index in [2.05, 4.69) is 20.2 Å². The third-order valence-electron chi connectivity index (χ3n) is 4.91. The Kier molecular flexibility index (Phi) is 4.53. The van der Waals surface area contributed by atoms with Crippen LogP contribution in [0.15, 0.2) is 36.4 Å². The van der Waals surface area contributed by atoms with Gasteiger partial charge in [0.2, 0.25) is 5.88 Å². The lowest BCUT2D eigenvalue weighted by Gasteiger charge is -2.20. The van der Waals surface area contributed by atoms with Crippen molar-refractivity contribution in [3.05, 3.63) is 53.3 Å². The topological polar surface area (TPSA) is 102 Å². The van der Waals surface area contributed by atoms with E-state index in [0.29, 0.717) is 11.2 Å². The van der Waals surface area contributed by atoms with Gasteiger partial charge in [-0.1, -0.05) is 0 Å². The number of rotatable bonds is 3. The highest BCUT2D eigenvalue weighted by Gasteiger charge is 2.22. The van der Waals surface area contributed by atoms with Crippen LogP contribution in [-0.4, -0.2) is 34.1 Å². The molecular weight excluding hydrogens is 354 g/mol. The van der Waals surface area contributed by atoms with E-state index in [9.17, 15) is 15.2 Å². The summed E-state index contributed by atoms with van der Waals surface area (Å²) in [6.45, 7) is 3.62. The lowest BCUT2D eigenvalue weighted by Crippen LogP contribution is -2.24. The molecule has 4 rings (SSSR count). The monoisotopic (exact) mass is 373 g/mol. The first-order valence-corrected chi connectivity index (χ1v) is 9.13. The number of hydrogen-bond acceptors (Lipinski definition) is 6. The first-order valence-electron chi connectivity index (χ1n) is 9.13. The fraction of sp³-hybridized carbons (Fsp3) is 0.238. The van der Waals surface area contributed by atoms with Gasteiger partial charge in [-0.05, 0) is 55.7 Å². The summed E-state index contributed by atoms with van der Waals surface area (Å²) in [5.74, 6) is -0.391. The van der Waals surface area contributed by atoms with Crippen molar-refractivity contribution in [2.75, 3.05) is 23.3 Å². The second-order valence-corrected chi connectivity index (χ2v) is 6.85. The molecule has 3 aromatic rings. The molecule has 1 aromatic carbocycles. The fourth-order valence-corrected chi connectivity index (χ4v) is 3.54. The van der Waals surface area contributed by atoms with Crippen molar-refractivity contribution < 1.29 is 9.90 Å². The highest BCUT2D eigenvalue weighted by atomic mass is 16.3. The molecule has 1 fully saturated rings. The fourth-order valence-electron chi connectivity index (χ4n) is 3.54. The number of aromatic nitrogens is 2. The van der Waals surface area contributed by atoms with Crippen LogP contribution in [0.2, 0.25) is 0 Å². The first kappa shape index (κ1) is 17.7. The molecule has 0 saturated carbocycles. The van der Waals surface area contributed by atoms with Gasteiger partial charge in [0.15, 0.2) is 5.69 Å². The van der Waals surface area contributed by atoms with Crippen molar-refractivity contribution in [3.8, 4) is 11.9 Å². The van der Waals surface area contributed by atoms with E-state index in [1.165, 1.54) is 0 Å². The molecule has 1 saturated heterocycles. The second kappa shape index (κ2) is 7.16. The number of benzene rings is 1. The van der Waals surface area contributed by atoms with Gasteiger partial charge in [-0.25, -0.2) is 9.97 Å².